The molecular formula is C14H23N3O4. The fraction of sp³-hybridized carbons (Fsp3) is 0.786. The predicted octanol–water partition coefficient (Wildman–Crippen LogP) is -0.526. The molecule has 0 aromatic rings. The highest BCUT2D eigenvalue weighted by Gasteiger charge is 2.28. The third-order valence-electron chi connectivity index (χ3n) is 4.31. The van der Waals surface area contributed by atoms with Crippen LogP contribution in [0.25, 0.3) is 0 Å². The minimum atomic E-state index is -0.775. The summed E-state index contributed by atoms with van der Waals surface area (Å²) in [5, 5.41) is 8.96. The number of likely N-dealkylation sites (N-methyl/N-ethyl adjacent to an activating group) is 1. The van der Waals surface area contributed by atoms with Crippen LogP contribution in [-0.2, 0) is 14.4 Å². The minimum Gasteiger partial charge on any atom is -0.481 e. The molecule has 7 heteroatoms. The summed E-state index contributed by atoms with van der Waals surface area (Å²) in [6.45, 7) is 3.00. The lowest BCUT2D eigenvalue weighted by Gasteiger charge is -2.31. The monoisotopic (exact) mass is 297 g/mol. The van der Waals surface area contributed by atoms with Gasteiger partial charge >= 0.3 is 5.97 Å². The molecule has 2 heterocycles. The van der Waals surface area contributed by atoms with E-state index in [9.17, 15) is 14.4 Å². The first-order valence-corrected chi connectivity index (χ1v) is 7.44. The molecule has 0 spiro atoms. The summed E-state index contributed by atoms with van der Waals surface area (Å²) in [5.41, 5.74) is 0. The molecule has 2 aliphatic rings. The summed E-state index contributed by atoms with van der Waals surface area (Å²) in [5.74, 6) is -1.06. The summed E-state index contributed by atoms with van der Waals surface area (Å²) in [6, 6.07) is 0. The van der Waals surface area contributed by atoms with Gasteiger partial charge in [-0.2, -0.15) is 0 Å². The van der Waals surface area contributed by atoms with Crippen molar-refractivity contribution in [3.8, 4) is 0 Å². The number of likely N-dealkylation sites (tertiary alicyclic amines) is 1. The number of hydrogen-bond acceptors (Lipinski definition) is 4. The van der Waals surface area contributed by atoms with E-state index >= 15 is 0 Å². The smallest absolute Gasteiger partial charge is 0.306 e. The van der Waals surface area contributed by atoms with E-state index < -0.39 is 5.97 Å². The van der Waals surface area contributed by atoms with Crippen LogP contribution in [0.2, 0.25) is 0 Å². The van der Waals surface area contributed by atoms with Crippen LogP contribution in [0.5, 0.6) is 0 Å². The Labute approximate surface area is 124 Å². The Hall–Kier alpha value is -1.63. The van der Waals surface area contributed by atoms with Crippen molar-refractivity contribution in [2.75, 3.05) is 46.3 Å². The molecule has 0 atom stereocenters. The van der Waals surface area contributed by atoms with Gasteiger partial charge in [0.05, 0.1) is 19.0 Å². The number of carboxylic acid groups (broad SMARTS) is 1. The molecule has 0 saturated carbocycles. The van der Waals surface area contributed by atoms with Crippen molar-refractivity contribution in [1.82, 2.24) is 14.7 Å². The number of hydrogen-bond donors (Lipinski definition) is 1. The summed E-state index contributed by atoms with van der Waals surface area (Å²) in [4.78, 5) is 40.3. The number of rotatable bonds is 3. The summed E-state index contributed by atoms with van der Waals surface area (Å²) in [6.07, 6.45) is 1.90. The van der Waals surface area contributed by atoms with Crippen molar-refractivity contribution in [3.63, 3.8) is 0 Å². The van der Waals surface area contributed by atoms with E-state index in [0.717, 1.165) is 19.5 Å². The van der Waals surface area contributed by atoms with Crippen LogP contribution in [0, 0.1) is 5.92 Å². The van der Waals surface area contributed by atoms with E-state index in [4.69, 9.17) is 5.11 Å². The van der Waals surface area contributed by atoms with Gasteiger partial charge in [0.1, 0.15) is 0 Å². The molecule has 2 saturated heterocycles. The fourth-order valence-corrected chi connectivity index (χ4v) is 2.85. The first kappa shape index (κ1) is 15.8. The lowest BCUT2D eigenvalue weighted by atomic mass is 9.97. The molecule has 1 N–H and O–H groups in total. The Bertz CT molecular complexity index is 418. The van der Waals surface area contributed by atoms with E-state index in [0.29, 0.717) is 25.9 Å². The number of nitrogens with zero attached hydrogens (tertiary/aromatic N) is 3. The Morgan fingerprint density at radius 2 is 1.86 bits per heavy atom. The number of aliphatic carboxylic acids is 1. The van der Waals surface area contributed by atoms with E-state index in [-0.39, 0.29) is 30.8 Å². The van der Waals surface area contributed by atoms with Crippen molar-refractivity contribution in [1.29, 1.82) is 0 Å². The van der Waals surface area contributed by atoms with E-state index in [1.54, 1.807) is 16.8 Å². The normalized spacial score (nSPS) is 22.2. The third kappa shape index (κ3) is 4.17. The first-order valence-electron chi connectivity index (χ1n) is 7.44. The molecule has 0 radical (unpaired) electrons. The fourth-order valence-electron chi connectivity index (χ4n) is 2.85. The standard InChI is InChI=1S/C14H23N3O4/c1-15-5-2-6-16(9-12(15)18)10-13(19)17-7-3-11(4-8-17)14(20)21/h11H,2-10H2,1H3,(H,20,21). The lowest BCUT2D eigenvalue weighted by Crippen LogP contribution is -2.46. The van der Waals surface area contributed by atoms with Gasteiger partial charge in [0.15, 0.2) is 0 Å². The van der Waals surface area contributed by atoms with Gasteiger partial charge in [-0.3, -0.25) is 19.3 Å². The maximum atomic E-state index is 12.3. The van der Waals surface area contributed by atoms with Gasteiger partial charge in [0.2, 0.25) is 11.8 Å². The second-order valence-corrected chi connectivity index (χ2v) is 5.87. The summed E-state index contributed by atoms with van der Waals surface area (Å²) < 4.78 is 0. The molecule has 2 amide bonds. The van der Waals surface area contributed by atoms with Gasteiger partial charge in [-0.05, 0) is 19.3 Å². The predicted molar refractivity (Wildman–Crippen MR) is 75.6 cm³/mol. The number of carbonyl (C=O) groups is 3. The third-order valence-corrected chi connectivity index (χ3v) is 4.31. The SMILES string of the molecule is CN1CCCN(CC(=O)N2CCC(C(=O)O)CC2)CC1=O. The van der Waals surface area contributed by atoms with E-state index in [1.807, 2.05) is 4.90 Å². The van der Waals surface area contributed by atoms with Crippen molar-refractivity contribution in [2.45, 2.75) is 19.3 Å². The minimum absolute atomic E-state index is 0.00353. The maximum absolute atomic E-state index is 12.3. The Balaban J connectivity index is 1.82. The largest absolute Gasteiger partial charge is 0.481 e. The summed E-state index contributed by atoms with van der Waals surface area (Å²) >= 11 is 0. The highest BCUT2D eigenvalue weighted by molar-refractivity contribution is 5.81. The Kier molecular flexibility index (Phi) is 5.17. The average Bonchev–Trinajstić information content (AvgIpc) is 2.61. The number of piperidine rings is 1. The molecule has 0 unspecified atom stereocenters. The second kappa shape index (κ2) is 6.89. The second-order valence-electron chi connectivity index (χ2n) is 5.87. The van der Waals surface area contributed by atoms with Gasteiger partial charge in [-0.1, -0.05) is 0 Å². The lowest BCUT2D eigenvalue weighted by molar-refractivity contribution is -0.146. The van der Waals surface area contributed by atoms with Crippen LogP contribution in [0.1, 0.15) is 19.3 Å². The van der Waals surface area contributed by atoms with Gasteiger partial charge in [0.25, 0.3) is 0 Å². The molecule has 0 bridgehead atoms. The number of amides is 2. The van der Waals surface area contributed by atoms with Crippen LogP contribution in [0.4, 0.5) is 0 Å². The zero-order valence-electron chi connectivity index (χ0n) is 12.5. The zero-order chi connectivity index (χ0) is 15.4. The zero-order valence-corrected chi connectivity index (χ0v) is 12.5. The Morgan fingerprint density at radius 1 is 1.19 bits per heavy atom. The van der Waals surface area contributed by atoms with Crippen LogP contribution in [-0.4, -0.2) is 83.9 Å². The molecule has 21 heavy (non-hydrogen) atoms. The topological polar surface area (TPSA) is 81.2 Å². The van der Waals surface area contributed by atoms with Gasteiger partial charge in [0, 0.05) is 33.2 Å². The number of carbonyl (C=O) groups excluding carboxylic acids is 2. The van der Waals surface area contributed by atoms with Gasteiger partial charge in [-0.15, -0.1) is 0 Å². The molecule has 2 rings (SSSR count). The van der Waals surface area contributed by atoms with E-state index in [1.165, 1.54) is 0 Å². The first-order chi connectivity index (χ1) is 9.97. The molecule has 0 aromatic heterocycles. The molecule has 118 valence electrons. The molecule has 2 fully saturated rings. The van der Waals surface area contributed by atoms with Crippen LogP contribution in [0.15, 0.2) is 0 Å². The van der Waals surface area contributed by atoms with E-state index in [2.05, 4.69) is 0 Å². The Morgan fingerprint density at radius 3 is 2.48 bits per heavy atom. The molecular weight excluding hydrogens is 274 g/mol. The summed E-state index contributed by atoms with van der Waals surface area (Å²) in [7, 11) is 1.78. The van der Waals surface area contributed by atoms with Crippen LogP contribution >= 0.6 is 0 Å². The molecule has 7 nitrogen and oxygen atoms in total. The quantitative estimate of drug-likeness (QED) is 0.757. The van der Waals surface area contributed by atoms with Gasteiger partial charge in [-0.25, -0.2) is 0 Å². The molecule has 2 aliphatic heterocycles. The highest BCUT2D eigenvalue weighted by atomic mass is 16.4. The van der Waals surface area contributed by atoms with Crippen molar-refractivity contribution < 1.29 is 19.5 Å². The average molecular weight is 297 g/mol. The molecule has 0 aliphatic carbocycles. The maximum Gasteiger partial charge on any atom is 0.306 e. The van der Waals surface area contributed by atoms with Crippen LogP contribution in [0.3, 0.4) is 0 Å². The van der Waals surface area contributed by atoms with Crippen molar-refractivity contribution >= 4 is 17.8 Å². The van der Waals surface area contributed by atoms with Crippen molar-refractivity contribution in [3.05, 3.63) is 0 Å². The molecule has 0 aromatic carbocycles. The highest BCUT2D eigenvalue weighted by Crippen LogP contribution is 2.17. The van der Waals surface area contributed by atoms with Gasteiger partial charge < -0.3 is 14.9 Å². The number of carboxylic acids is 1. The van der Waals surface area contributed by atoms with Crippen molar-refractivity contribution in [2.24, 2.45) is 5.92 Å². The van der Waals surface area contributed by atoms with Crippen LogP contribution < -0.4 is 0 Å².